The Kier molecular flexibility index (Phi) is 12.3. The predicted octanol–water partition coefficient (Wildman–Crippen LogP) is 0.251. The first-order valence-corrected chi connectivity index (χ1v) is 14.0. The highest BCUT2D eigenvalue weighted by Crippen LogP contribution is 2.19. The second kappa shape index (κ2) is 15.1. The molecule has 0 spiro atoms. The topological polar surface area (TPSA) is 209 Å². The van der Waals surface area contributed by atoms with Crippen LogP contribution in [-0.2, 0) is 30.4 Å². The lowest BCUT2D eigenvalue weighted by Crippen LogP contribution is -2.58. The van der Waals surface area contributed by atoms with Gasteiger partial charge >= 0.3 is 5.97 Å². The van der Waals surface area contributed by atoms with Crippen LogP contribution in [-0.4, -0.2) is 75.9 Å². The first-order chi connectivity index (χ1) is 18.4. The summed E-state index contributed by atoms with van der Waals surface area (Å²) < 4.78 is 0. The number of primary amides is 1. The average molecular weight is 563 g/mol. The molecule has 1 aromatic carbocycles. The molecule has 2 rings (SSSR count). The molecule has 4 unspecified atom stereocenters. The third-order valence-corrected chi connectivity index (χ3v) is 6.71. The van der Waals surface area contributed by atoms with E-state index >= 15 is 0 Å². The first-order valence-electron chi connectivity index (χ1n) is 12.6. The van der Waals surface area contributed by atoms with Crippen molar-refractivity contribution in [2.45, 2.75) is 63.7 Å². The Hall–Kier alpha value is -3.58. The number of thioether (sulfide) groups is 1. The summed E-state index contributed by atoms with van der Waals surface area (Å²) in [6.45, 7) is 3.66. The molecule has 0 aliphatic carbocycles. The highest BCUT2D eigenvalue weighted by molar-refractivity contribution is 7.98. The number of carbonyl (C=O) groups excluding carboxylic acids is 4. The lowest BCUT2D eigenvalue weighted by atomic mass is 10.0. The van der Waals surface area contributed by atoms with Crippen molar-refractivity contribution in [1.82, 2.24) is 20.9 Å². The molecule has 0 radical (unpaired) electrons. The van der Waals surface area contributed by atoms with Gasteiger partial charge in [0, 0.05) is 23.5 Å². The molecule has 1 aromatic heterocycles. The summed E-state index contributed by atoms with van der Waals surface area (Å²) in [5.41, 5.74) is 12.7. The Morgan fingerprint density at radius 1 is 0.974 bits per heavy atom. The second-order valence-corrected chi connectivity index (χ2v) is 10.8. The van der Waals surface area contributed by atoms with Crippen LogP contribution in [0.1, 0.15) is 38.7 Å². The van der Waals surface area contributed by atoms with Gasteiger partial charge in [-0.2, -0.15) is 11.8 Å². The molecule has 9 N–H and O–H groups in total. The molecule has 12 nitrogen and oxygen atoms in total. The smallest absolute Gasteiger partial charge is 0.326 e. The van der Waals surface area contributed by atoms with E-state index < -0.39 is 60.2 Å². The molecule has 0 aliphatic heterocycles. The van der Waals surface area contributed by atoms with Crippen LogP contribution in [0.2, 0.25) is 0 Å². The number of H-pyrrole nitrogens is 1. The second-order valence-electron chi connectivity index (χ2n) is 9.77. The summed E-state index contributed by atoms with van der Waals surface area (Å²) >= 11 is 1.51. The molecule has 2 aromatic rings. The number of carboxylic acids is 1. The van der Waals surface area contributed by atoms with Crippen molar-refractivity contribution in [3.63, 3.8) is 0 Å². The normalized spacial score (nSPS) is 14.3. The molecule has 0 bridgehead atoms. The van der Waals surface area contributed by atoms with Gasteiger partial charge in [0.25, 0.3) is 0 Å². The average Bonchev–Trinajstić information content (AvgIpc) is 3.28. The number of aromatic nitrogens is 1. The number of hydrogen-bond acceptors (Lipinski definition) is 7. The molecule has 4 amide bonds. The summed E-state index contributed by atoms with van der Waals surface area (Å²) in [5.74, 6) is -3.61. The van der Waals surface area contributed by atoms with Crippen LogP contribution >= 0.6 is 11.8 Å². The Morgan fingerprint density at radius 2 is 1.59 bits per heavy atom. The van der Waals surface area contributed by atoms with Gasteiger partial charge in [0.2, 0.25) is 23.6 Å². The highest BCUT2D eigenvalue weighted by atomic mass is 32.2. The number of carbonyl (C=O) groups is 5. The van der Waals surface area contributed by atoms with Crippen LogP contribution in [0, 0.1) is 5.92 Å². The van der Waals surface area contributed by atoms with E-state index in [1.165, 1.54) is 11.8 Å². The van der Waals surface area contributed by atoms with E-state index in [-0.39, 0.29) is 18.8 Å². The number of fused-ring (bicyclic) bond motifs is 1. The third kappa shape index (κ3) is 9.91. The van der Waals surface area contributed by atoms with Crippen LogP contribution in [0.4, 0.5) is 0 Å². The SMILES string of the molecule is CSCCC(N)C(=O)NC(CC(N)=O)C(=O)NC(Cc1c[nH]c2ccccc12)C(=O)NC(CC(C)C)C(=O)O. The number of nitrogens with one attached hydrogen (secondary N) is 4. The van der Waals surface area contributed by atoms with Crippen LogP contribution in [0.5, 0.6) is 0 Å². The summed E-state index contributed by atoms with van der Waals surface area (Å²) in [6.07, 6.45) is 3.61. The molecule has 0 saturated heterocycles. The molecule has 214 valence electrons. The zero-order valence-corrected chi connectivity index (χ0v) is 23.2. The fraction of sp³-hybridized carbons (Fsp3) is 0.500. The molecular weight excluding hydrogens is 524 g/mol. The minimum absolute atomic E-state index is 0.0140. The lowest BCUT2D eigenvalue weighted by molar-refractivity contribution is -0.143. The van der Waals surface area contributed by atoms with Crippen molar-refractivity contribution in [1.29, 1.82) is 0 Å². The number of nitrogens with two attached hydrogens (primary N) is 2. The van der Waals surface area contributed by atoms with Gasteiger partial charge in [0.1, 0.15) is 18.1 Å². The van der Waals surface area contributed by atoms with Crippen molar-refractivity contribution < 1.29 is 29.1 Å². The molecule has 0 saturated carbocycles. The molecule has 13 heteroatoms. The number of rotatable bonds is 16. The molecule has 39 heavy (non-hydrogen) atoms. The quantitative estimate of drug-likeness (QED) is 0.150. The largest absolute Gasteiger partial charge is 0.480 e. The van der Waals surface area contributed by atoms with Crippen LogP contribution in [0.3, 0.4) is 0 Å². The van der Waals surface area contributed by atoms with Gasteiger partial charge in [-0.1, -0.05) is 32.0 Å². The van der Waals surface area contributed by atoms with E-state index in [2.05, 4.69) is 20.9 Å². The zero-order valence-electron chi connectivity index (χ0n) is 22.4. The number of amides is 4. The van der Waals surface area contributed by atoms with Crippen LogP contribution < -0.4 is 27.4 Å². The molecule has 0 aliphatic rings. The van der Waals surface area contributed by atoms with Crippen molar-refractivity contribution in [3.8, 4) is 0 Å². The van der Waals surface area contributed by atoms with Crippen LogP contribution in [0.15, 0.2) is 30.5 Å². The predicted molar refractivity (Wildman–Crippen MR) is 150 cm³/mol. The van der Waals surface area contributed by atoms with Gasteiger partial charge in [-0.05, 0) is 42.4 Å². The van der Waals surface area contributed by atoms with Crippen LogP contribution in [0.25, 0.3) is 10.9 Å². The third-order valence-electron chi connectivity index (χ3n) is 6.06. The minimum atomic E-state index is -1.38. The number of aliphatic carboxylic acids is 1. The lowest BCUT2D eigenvalue weighted by Gasteiger charge is -2.25. The minimum Gasteiger partial charge on any atom is -0.480 e. The number of benzene rings is 1. The monoisotopic (exact) mass is 562 g/mol. The van der Waals surface area contributed by atoms with Crippen molar-refractivity contribution in [3.05, 3.63) is 36.0 Å². The fourth-order valence-corrected chi connectivity index (χ4v) is 4.52. The Labute approximate surface area is 231 Å². The number of hydrogen-bond donors (Lipinski definition) is 7. The van der Waals surface area contributed by atoms with Gasteiger partial charge in [-0.15, -0.1) is 0 Å². The molecular formula is C26H38N6O6S. The number of aromatic amines is 1. The standard InChI is InChI=1S/C26H38N6O6S/c1-14(2)10-21(26(37)38)32-24(35)19(11-15-13-29-18-7-5-4-6-16(15)18)31-25(36)20(12-22(28)33)30-23(34)17(27)8-9-39-3/h4-7,13-14,17,19-21,29H,8-12,27H2,1-3H3,(H2,28,33)(H,30,34)(H,31,36)(H,32,35)(H,37,38). The molecule has 0 fully saturated rings. The summed E-state index contributed by atoms with van der Waals surface area (Å²) in [5, 5.41) is 18.0. The Bertz CT molecular complexity index is 1170. The number of carboxylic acid groups (broad SMARTS) is 1. The Morgan fingerprint density at radius 3 is 2.21 bits per heavy atom. The first kappa shape index (κ1) is 31.6. The van der Waals surface area contributed by atoms with E-state index in [1.54, 1.807) is 6.20 Å². The maximum Gasteiger partial charge on any atom is 0.326 e. The van der Waals surface area contributed by atoms with Gasteiger partial charge in [-0.3, -0.25) is 19.2 Å². The summed E-state index contributed by atoms with van der Waals surface area (Å²) in [6, 6.07) is 2.71. The van der Waals surface area contributed by atoms with E-state index in [0.717, 1.165) is 10.9 Å². The van der Waals surface area contributed by atoms with Gasteiger partial charge in [-0.25, -0.2) is 4.79 Å². The maximum atomic E-state index is 13.3. The van der Waals surface area contributed by atoms with Crippen molar-refractivity contribution in [2.75, 3.05) is 12.0 Å². The van der Waals surface area contributed by atoms with E-state index in [0.29, 0.717) is 17.7 Å². The summed E-state index contributed by atoms with van der Waals surface area (Å²) in [4.78, 5) is 65.7. The highest BCUT2D eigenvalue weighted by Gasteiger charge is 2.32. The maximum absolute atomic E-state index is 13.3. The zero-order chi connectivity index (χ0) is 29.1. The van der Waals surface area contributed by atoms with Gasteiger partial charge in [0.15, 0.2) is 0 Å². The van der Waals surface area contributed by atoms with E-state index in [1.807, 2.05) is 44.4 Å². The molecule has 1 heterocycles. The van der Waals surface area contributed by atoms with E-state index in [9.17, 15) is 29.1 Å². The van der Waals surface area contributed by atoms with Gasteiger partial charge in [0.05, 0.1) is 12.5 Å². The van der Waals surface area contributed by atoms with Gasteiger partial charge < -0.3 is 37.5 Å². The summed E-state index contributed by atoms with van der Waals surface area (Å²) in [7, 11) is 0. The van der Waals surface area contributed by atoms with Crippen molar-refractivity contribution >= 4 is 52.3 Å². The van der Waals surface area contributed by atoms with Crippen molar-refractivity contribution in [2.24, 2.45) is 17.4 Å². The van der Waals surface area contributed by atoms with E-state index in [4.69, 9.17) is 11.5 Å². The number of para-hydroxylation sites is 1. The fourth-order valence-electron chi connectivity index (χ4n) is 4.03. The molecule has 4 atom stereocenters. The Balaban J connectivity index is 2.31.